The Balaban J connectivity index is 0.00000280. The molecule has 0 unspecified atom stereocenters. The van der Waals surface area contributed by atoms with Crippen LogP contribution in [0.25, 0.3) is 10.9 Å². The molecule has 0 spiro atoms. The number of hydrogen-bond acceptors (Lipinski definition) is 3. The van der Waals surface area contributed by atoms with E-state index >= 15 is 0 Å². The third-order valence-electron chi connectivity index (χ3n) is 4.02. The number of nitrogens with one attached hydrogen (secondary N) is 3. The molecule has 6 nitrogen and oxygen atoms in total. The summed E-state index contributed by atoms with van der Waals surface area (Å²) in [6.07, 6.45) is 6.09. The number of fused-ring (bicyclic) bond motifs is 1. The molecule has 150 valence electrons. The van der Waals surface area contributed by atoms with Gasteiger partial charge in [0.2, 0.25) is 0 Å². The molecule has 0 amide bonds. The van der Waals surface area contributed by atoms with Crippen LogP contribution in [0.5, 0.6) is 5.75 Å². The van der Waals surface area contributed by atoms with Gasteiger partial charge in [0.1, 0.15) is 18.2 Å². The first-order chi connectivity index (χ1) is 13.3. The van der Waals surface area contributed by atoms with Gasteiger partial charge in [-0.05, 0) is 49.2 Å². The number of rotatable bonds is 8. The minimum atomic E-state index is -0.235. The Morgan fingerprint density at radius 1 is 1.29 bits per heavy atom. The van der Waals surface area contributed by atoms with E-state index in [0.717, 1.165) is 41.1 Å². The second-order valence-corrected chi connectivity index (χ2v) is 5.98. The number of nitrogens with zero attached hydrogens (tertiary/aromatic N) is 2. The first kappa shape index (κ1) is 21.9. The second-order valence-electron chi connectivity index (χ2n) is 5.98. The fourth-order valence-electron chi connectivity index (χ4n) is 2.77. The van der Waals surface area contributed by atoms with Gasteiger partial charge >= 0.3 is 0 Å². The lowest BCUT2D eigenvalue weighted by molar-refractivity contribution is 0.320. The summed E-state index contributed by atoms with van der Waals surface area (Å²) in [5.74, 6) is 1.26. The smallest absolute Gasteiger partial charge is 0.191 e. The highest BCUT2D eigenvalue weighted by molar-refractivity contribution is 14.0. The molecule has 0 saturated heterocycles. The molecular formula is C20H25FIN5O. The minimum absolute atomic E-state index is 0. The maximum absolute atomic E-state index is 13.3. The Hall–Kier alpha value is -2.36. The fourth-order valence-corrected chi connectivity index (χ4v) is 2.77. The molecule has 2 heterocycles. The highest BCUT2D eigenvalue weighted by atomic mass is 127. The zero-order chi connectivity index (χ0) is 18.9. The molecule has 0 radical (unpaired) electrons. The number of benzene rings is 1. The maximum atomic E-state index is 13.3. The number of hydrogen-bond donors (Lipinski definition) is 3. The molecule has 8 heteroatoms. The molecular weight excluding hydrogens is 472 g/mol. The van der Waals surface area contributed by atoms with E-state index in [1.165, 1.54) is 12.1 Å². The number of guanidine groups is 1. The van der Waals surface area contributed by atoms with E-state index in [1.54, 1.807) is 18.5 Å². The van der Waals surface area contributed by atoms with E-state index in [4.69, 9.17) is 4.74 Å². The highest BCUT2D eigenvalue weighted by Crippen LogP contribution is 2.19. The van der Waals surface area contributed by atoms with Crippen molar-refractivity contribution in [1.82, 2.24) is 20.6 Å². The molecule has 0 atom stereocenters. The number of halogens is 2. The third-order valence-corrected chi connectivity index (χ3v) is 4.02. The van der Waals surface area contributed by atoms with Gasteiger partial charge in [-0.25, -0.2) is 4.39 Å². The van der Waals surface area contributed by atoms with Gasteiger partial charge in [-0.1, -0.05) is 0 Å². The number of aromatic nitrogens is 2. The Morgan fingerprint density at radius 2 is 2.18 bits per heavy atom. The molecule has 3 rings (SSSR count). The number of ether oxygens (including phenoxy) is 1. The van der Waals surface area contributed by atoms with Crippen molar-refractivity contribution in [2.75, 3.05) is 26.2 Å². The van der Waals surface area contributed by atoms with Gasteiger partial charge < -0.3 is 20.4 Å². The summed E-state index contributed by atoms with van der Waals surface area (Å²) in [4.78, 5) is 11.7. The van der Waals surface area contributed by atoms with Gasteiger partial charge in [0, 0.05) is 36.4 Å². The van der Waals surface area contributed by atoms with Crippen molar-refractivity contribution in [2.45, 2.75) is 13.3 Å². The number of H-pyrrole nitrogens is 1. The lowest BCUT2D eigenvalue weighted by Crippen LogP contribution is -2.39. The summed E-state index contributed by atoms with van der Waals surface area (Å²) in [5.41, 5.74) is 1.94. The van der Waals surface area contributed by atoms with Gasteiger partial charge in [-0.2, -0.15) is 0 Å². The Morgan fingerprint density at radius 3 is 2.96 bits per heavy atom. The topological polar surface area (TPSA) is 74.3 Å². The third kappa shape index (κ3) is 6.36. The Kier molecular flexibility index (Phi) is 8.99. The molecule has 0 saturated carbocycles. The number of aromatic amines is 1. The van der Waals surface area contributed by atoms with Crippen molar-refractivity contribution in [2.24, 2.45) is 4.99 Å². The van der Waals surface area contributed by atoms with Crippen LogP contribution in [0.4, 0.5) is 4.39 Å². The van der Waals surface area contributed by atoms with Crippen molar-refractivity contribution in [1.29, 1.82) is 0 Å². The molecule has 3 N–H and O–H groups in total. The van der Waals surface area contributed by atoms with Crippen molar-refractivity contribution in [3.05, 3.63) is 60.3 Å². The quantitative estimate of drug-likeness (QED) is 0.193. The SMILES string of the molecule is CCNC(=NCCc1c[nH]c2cc(F)ccc12)NCCOc1cccnc1.I. The normalized spacial score (nSPS) is 11.1. The van der Waals surface area contributed by atoms with Crippen molar-refractivity contribution in [3.8, 4) is 5.75 Å². The minimum Gasteiger partial charge on any atom is -0.490 e. The van der Waals surface area contributed by atoms with Gasteiger partial charge in [0.15, 0.2) is 5.96 Å². The Labute approximate surface area is 181 Å². The van der Waals surface area contributed by atoms with Crippen LogP contribution < -0.4 is 15.4 Å². The predicted octanol–water partition coefficient (Wildman–Crippen LogP) is 3.50. The second kappa shape index (κ2) is 11.5. The van der Waals surface area contributed by atoms with E-state index in [0.29, 0.717) is 19.7 Å². The lowest BCUT2D eigenvalue weighted by atomic mass is 10.1. The van der Waals surface area contributed by atoms with Gasteiger partial charge in [-0.15, -0.1) is 24.0 Å². The summed E-state index contributed by atoms with van der Waals surface area (Å²) in [7, 11) is 0. The van der Waals surface area contributed by atoms with Crippen LogP contribution in [0, 0.1) is 5.82 Å². The van der Waals surface area contributed by atoms with Crippen LogP contribution >= 0.6 is 24.0 Å². The zero-order valence-electron chi connectivity index (χ0n) is 15.7. The summed E-state index contributed by atoms with van der Waals surface area (Å²) in [6, 6.07) is 8.51. The van der Waals surface area contributed by atoms with Crippen LogP contribution in [0.2, 0.25) is 0 Å². The molecule has 28 heavy (non-hydrogen) atoms. The monoisotopic (exact) mass is 497 g/mol. The zero-order valence-corrected chi connectivity index (χ0v) is 18.1. The van der Waals surface area contributed by atoms with E-state index in [1.807, 2.05) is 25.3 Å². The molecule has 0 aliphatic heterocycles. The lowest BCUT2D eigenvalue weighted by Gasteiger charge is -2.12. The van der Waals surface area contributed by atoms with Crippen LogP contribution in [0.1, 0.15) is 12.5 Å². The molecule has 0 aliphatic rings. The summed E-state index contributed by atoms with van der Waals surface area (Å²) < 4.78 is 18.9. The summed E-state index contributed by atoms with van der Waals surface area (Å²) in [6.45, 7) is 4.58. The average Bonchev–Trinajstić information content (AvgIpc) is 3.08. The molecule has 1 aromatic carbocycles. The summed E-state index contributed by atoms with van der Waals surface area (Å²) >= 11 is 0. The number of aliphatic imine (C=N–C) groups is 1. The van der Waals surface area contributed by atoms with Crippen LogP contribution in [-0.4, -0.2) is 42.2 Å². The molecule has 0 aliphatic carbocycles. The van der Waals surface area contributed by atoms with Crippen molar-refractivity contribution >= 4 is 40.8 Å². The van der Waals surface area contributed by atoms with Crippen LogP contribution in [0.15, 0.2) is 53.9 Å². The van der Waals surface area contributed by atoms with E-state index in [2.05, 4.69) is 25.6 Å². The predicted molar refractivity (Wildman–Crippen MR) is 121 cm³/mol. The first-order valence-electron chi connectivity index (χ1n) is 9.07. The molecule has 3 aromatic rings. The molecule has 2 aromatic heterocycles. The van der Waals surface area contributed by atoms with Gasteiger partial charge in [0.05, 0.1) is 12.7 Å². The molecule has 0 fully saturated rings. The summed E-state index contributed by atoms with van der Waals surface area (Å²) in [5, 5.41) is 7.51. The molecule has 0 bridgehead atoms. The van der Waals surface area contributed by atoms with E-state index in [-0.39, 0.29) is 29.8 Å². The van der Waals surface area contributed by atoms with Crippen molar-refractivity contribution in [3.63, 3.8) is 0 Å². The largest absolute Gasteiger partial charge is 0.490 e. The van der Waals surface area contributed by atoms with Gasteiger partial charge in [0.25, 0.3) is 0 Å². The standard InChI is InChI=1S/C20H24FN5O.HI/c1-2-23-20(25-10-11-27-17-4-3-8-22-14-17)24-9-7-15-13-26-19-12-16(21)5-6-18(15)19;/h3-6,8,12-14,26H,2,7,9-11H2,1H3,(H2,23,24,25);1H. The first-order valence-corrected chi connectivity index (χ1v) is 9.07. The number of pyridine rings is 1. The van der Waals surface area contributed by atoms with Crippen LogP contribution in [0.3, 0.4) is 0 Å². The van der Waals surface area contributed by atoms with E-state index < -0.39 is 0 Å². The average molecular weight is 497 g/mol. The van der Waals surface area contributed by atoms with E-state index in [9.17, 15) is 4.39 Å². The maximum Gasteiger partial charge on any atom is 0.191 e. The fraction of sp³-hybridized carbons (Fsp3) is 0.300. The highest BCUT2D eigenvalue weighted by Gasteiger charge is 2.05. The van der Waals surface area contributed by atoms with Crippen LogP contribution in [-0.2, 0) is 6.42 Å². The van der Waals surface area contributed by atoms with Gasteiger partial charge in [-0.3, -0.25) is 9.98 Å². The Bertz CT molecular complexity index is 885. The van der Waals surface area contributed by atoms with Crippen molar-refractivity contribution < 1.29 is 9.13 Å².